The van der Waals surface area contributed by atoms with E-state index in [1.54, 1.807) is 12.1 Å². The van der Waals surface area contributed by atoms with Crippen molar-refractivity contribution in [1.29, 1.82) is 0 Å². The summed E-state index contributed by atoms with van der Waals surface area (Å²) in [5.41, 5.74) is 6.38. The van der Waals surface area contributed by atoms with Crippen molar-refractivity contribution in [3.63, 3.8) is 0 Å². The van der Waals surface area contributed by atoms with Crippen molar-refractivity contribution in [3.05, 3.63) is 64.2 Å². The molecule has 1 atom stereocenters. The summed E-state index contributed by atoms with van der Waals surface area (Å²) in [6.45, 7) is 12.3. The van der Waals surface area contributed by atoms with Gasteiger partial charge >= 0.3 is 0 Å². The van der Waals surface area contributed by atoms with Crippen LogP contribution in [0.15, 0.2) is 36.4 Å². The smallest absolute Gasteiger partial charge is 0.256 e. The molecule has 1 aliphatic heterocycles. The van der Waals surface area contributed by atoms with Gasteiger partial charge in [-0.05, 0) is 48.6 Å². The van der Waals surface area contributed by atoms with Crippen LogP contribution in [0.4, 0.5) is 5.69 Å². The van der Waals surface area contributed by atoms with Crippen LogP contribution in [0.1, 0.15) is 60.3 Å². The van der Waals surface area contributed by atoms with E-state index in [0.717, 1.165) is 32.2 Å². The molecule has 0 aliphatic carbocycles. The zero-order chi connectivity index (χ0) is 20.4. The van der Waals surface area contributed by atoms with Gasteiger partial charge in [-0.15, -0.1) is 8.58 Å². The Kier molecular flexibility index (Phi) is 9.67. The SMILES string of the molecule is CC.CC.CPCc1ccc(/C=C2/C(=O)Nc3cc(C=O)ccc32)cc1C. The predicted octanol–water partition coefficient (Wildman–Crippen LogP) is 6.16. The van der Waals surface area contributed by atoms with E-state index < -0.39 is 0 Å². The van der Waals surface area contributed by atoms with E-state index in [0.29, 0.717) is 16.8 Å². The molecule has 4 heteroatoms. The van der Waals surface area contributed by atoms with Gasteiger partial charge in [0.05, 0.1) is 0 Å². The molecule has 0 bridgehead atoms. The Hall–Kier alpha value is -2.25. The first-order valence-electron chi connectivity index (χ1n) is 9.49. The Bertz CT molecular complexity index is 825. The van der Waals surface area contributed by atoms with Crippen LogP contribution in [0.2, 0.25) is 0 Å². The second-order valence-corrected chi connectivity index (χ2v) is 6.71. The highest BCUT2D eigenvalue weighted by atomic mass is 31.1. The molecule has 1 unspecified atom stereocenters. The molecule has 3 nitrogen and oxygen atoms in total. The maximum Gasteiger partial charge on any atom is 0.256 e. The fraction of sp³-hybridized carbons (Fsp3) is 0.304. The van der Waals surface area contributed by atoms with Crippen molar-refractivity contribution in [2.24, 2.45) is 0 Å². The first kappa shape index (κ1) is 22.8. The van der Waals surface area contributed by atoms with Gasteiger partial charge in [-0.1, -0.05) is 58.0 Å². The quantitative estimate of drug-likeness (QED) is 0.390. The number of aryl methyl sites for hydroxylation is 1. The van der Waals surface area contributed by atoms with E-state index in [1.165, 1.54) is 11.1 Å². The summed E-state index contributed by atoms with van der Waals surface area (Å²) >= 11 is 0. The van der Waals surface area contributed by atoms with Crippen molar-refractivity contribution in [3.8, 4) is 0 Å². The number of aldehydes is 1. The number of rotatable bonds is 4. The predicted molar refractivity (Wildman–Crippen MR) is 120 cm³/mol. The average molecular weight is 383 g/mol. The summed E-state index contributed by atoms with van der Waals surface area (Å²) in [5.74, 6) is -0.125. The van der Waals surface area contributed by atoms with Gasteiger partial charge in [-0.25, -0.2) is 0 Å². The molecule has 0 saturated heterocycles. The number of nitrogens with one attached hydrogen (secondary N) is 1. The first-order chi connectivity index (χ1) is 13.1. The van der Waals surface area contributed by atoms with Crippen LogP contribution in [0, 0.1) is 6.92 Å². The zero-order valence-corrected chi connectivity index (χ0v) is 18.1. The lowest BCUT2D eigenvalue weighted by Crippen LogP contribution is -2.03. The van der Waals surface area contributed by atoms with Crippen molar-refractivity contribution in [2.75, 3.05) is 12.0 Å². The van der Waals surface area contributed by atoms with Gasteiger partial charge in [0.15, 0.2) is 0 Å². The van der Waals surface area contributed by atoms with Crippen molar-refractivity contribution < 1.29 is 9.59 Å². The summed E-state index contributed by atoms with van der Waals surface area (Å²) in [6.07, 6.45) is 3.79. The van der Waals surface area contributed by atoms with Crippen LogP contribution in [0.5, 0.6) is 0 Å². The van der Waals surface area contributed by atoms with Gasteiger partial charge in [-0.3, -0.25) is 9.59 Å². The maximum atomic E-state index is 12.2. The summed E-state index contributed by atoms with van der Waals surface area (Å²) in [7, 11) is 0.897. The second-order valence-electron chi connectivity index (χ2n) is 5.65. The topological polar surface area (TPSA) is 46.2 Å². The van der Waals surface area contributed by atoms with E-state index >= 15 is 0 Å². The monoisotopic (exact) mass is 383 g/mol. The van der Waals surface area contributed by atoms with Gasteiger partial charge in [-0.2, -0.15) is 0 Å². The molecule has 0 spiro atoms. The van der Waals surface area contributed by atoms with E-state index in [9.17, 15) is 9.59 Å². The number of carbonyl (C=O) groups excluding carboxylic acids is 2. The minimum Gasteiger partial charge on any atom is -0.321 e. The Labute approximate surface area is 165 Å². The van der Waals surface area contributed by atoms with Gasteiger partial charge in [0, 0.05) is 22.4 Å². The Morgan fingerprint density at radius 2 is 1.67 bits per heavy atom. The molecular weight excluding hydrogens is 353 g/mol. The van der Waals surface area contributed by atoms with E-state index in [1.807, 2.05) is 39.8 Å². The highest BCUT2D eigenvalue weighted by molar-refractivity contribution is 7.36. The number of hydrogen-bond acceptors (Lipinski definition) is 2. The van der Waals surface area contributed by atoms with Crippen LogP contribution in [0.3, 0.4) is 0 Å². The third-order valence-corrected chi connectivity index (χ3v) is 4.74. The lowest BCUT2D eigenvalue weighted by atomic mass is 10.0. The molecule has 1 N–H and O–H groups in total. The number of anilines is 1. The lowest BCUT2D eigenvalue weighted by molar-refractivity contribution is -0.110. The van der Waals surface area contributed by atoms with Gasteiger partial charge in [0.2, 0.25) is 0 Å². The highest BCUT2D eigenvalue weighted by Gasteiger charge is 2.24. The average Bonchev–Trinajstić information content (AvgIpc) is 3.01. The summed E-state index contributed by atoms with van der Waals surface area (Å²) < 4.78 is 0. The van der Waals surface area contributed by atoms with Gasteiger partial charge in [0.25, 0.3) is 5.91 Å². The molecule has 2 aromatic carbocycles. The first-order valence-corrected chi connectivity index (χ1v) is 11.2. The summed E-state index contributed by atoms with van der Waals surface area (Å²) in [6, 6.07) is 11.6. The fourth-order valence-electron chi connectivity index (χ4n) is 2.79. The molecule has 0 saturated carbocycles. The van der Waals surface area contributed by atoms with Crippen molar-refractivity contribution in [1.82, 2.24) is 0 Å². The number of fused-ring (bicyclic) bond motifs is 1. The molecule has 1 aliphatic rings. The minimum atomic E-state index is -0.125. The molecule has 1 amide bonds. The molecular formula is C23H30NO2P. The third kappa shape index (κ3) is 5.61. The molecule has 0 radical (unpaired) electrons. The fourth-order valence-corrected chi connectivity index (χ4v) is 3.57. The minimum absolute atomic E-state index is 0.125. The van der Waals surface area contributed by atoms with Crippen molar-refractivity contribution in [2.45, 2.75) is 40.8 Å². The third-order valence-electron chi connectivity index (χ3n) is 4.01. The molecule has 144 valence electrons. The number of carbonyl (C=O) groups is 2. The molecule has 0 fully saturated rings. The second kappa shape index (κ2) is 11.5. The standard InChI is InChI=1S/C19H18NO2P.2C2H6/c1-12-7-13(3-5-15(12)11-23-2)8-17-16-6-4-14(10-21)9-18(16)20-19(17)22;2*1-2/h3-10,23H,11H2,1-2H3,(H,20,22);2*1-2H3/b17-8+;;. The number of amides is 1. The molecule has 27 heavy (non-hydrogen) atoms. The molecule has 0 aromatic heterocycles. The summed E-state index contributed by atoms with van der Waals surface area (Å²) in [4.78, 5) is 23.1. The van der Waals surface area contributed by atoms with Crippen LogP contribution in [-0.2, 0) is 11.0 Å². The van der Waals surface area contributed by atoms with Crippen LogP contribution in [0.25, 0.3) is 11.6 Å². The molecule has 1 heterocycles. The van der Waals surface area contributed by atoms with E-state index in [2.05, 4.69) is 37.1 Å². The van der Waals surface area contributed by atoms with Crippen LogP contribution in [-0.4, -0.2) is 18.9 Å². The van der Waals surface area contributed by atoms with E-state index in [4.69, 9.17) is 0 Å². The highest BCUT2D eigenvalue weighted by Crippen LogP contribution is 2.34. The Balaban J connectivity index is 0.000000855. The Morgan fingerprint density at radius 3 is 2.26 bits per heavy atom. The molecule has 2 aromatic rings. The maximum absolute atomic E-state index is 12.2. The Morgan fingerprint density at radius 1 is 1.00 bits per heavy atom. The lowest BCUT2D eigenvalue weighted by Gasteiger charge is -2.06. The van der Waals surface area contributed by atoms with E-state index in [-0.39, 0.29) is 5.91 Å². The van der Waals surface area contributed by atoms with Crippen LogP contribution >= 0.6 is 8.58 Å². The summed E-state index contributed by atoms with van der Waals surface area (Å²) in [5, 5.41) is 2.82. The zero-order valence-electron chi connectivity index (χ0n) is 17.1. The van der Waals surface area contributed by atoms with Crippen LogP contribution < -0.4 is 5.32 Å². The normalized spacial score (nSPS) is 13.4. The van der Waals surface area contributed by atoms with Crippen molar-refractivity contribution >= 4 is 38.1 Å². The van der Waals surface area contributed by atoms with Gasteiger partial charge in [0.1, 0.15) is 6.29 Å². The molecule has 3 rings (SSSR count). The number of benzene rings is 2. The van der Waals surface area contributed by atoms with Gasteiger partial charge < -0.3 is 5.32 Å². The number of hydrogen-bond donors (Lipinski definition) is 1. The largest absolute Gasteiger partial charge is 0.321 e.